The number of nitrogens with zero attached hydrogens (tertiary/aromatic N) is 2. The Bertz CT molecular complexity index is 559. The number of hydrazine groups is 1. The maximum Gasteiger partial charge on any atom is 0.241 e. The van der Waals surface area contributed by atoms with E-state index in [4.69, 9.17) is 0 Å². The highest BCUT2D eigenvalue weighted by atomic mass is 16.2. The summed E-state index contributed by atoms with van der Waals surface area (Å²) in [5, 5.41) is 4.55. The molecule has 0 aromatic carbocycles. The van der Waals surface area contributed by atoms with Gasteiger partial charge in [-0.05, 0) is 44.6 Å². The van der Waals surface area contributed by atoms with Crippen LogP contribution in [0.2, 0.25) is 0 Å². The molecule has 0 saturated heterocycles. The van der Waals surface area contributed by atoms with Crippen molar-refractivity contribution in [2.75, 3.05) is 0 Å². The third-order valence-electron chi connectivity index (χ3n) is 3.94. The molecule has 0 radical (unpaired) electrons. The van der Waals surface area contributed by atoms with Crippen LogP contribution in [0.4, 0.5) is 0 Å². The van der Waals surface area contributed by atoms with Crippen molar-refractivity contribution in [2.24, 2.45) is 11.8 Å². The number of aromatic nitrogens is 2. The zero-order valence-corrected chi connectivity index (χ0v) is 13.9. The fourth-order valence-corrected chi connectivity index (χ4v) is 2.50. The maximum atomic E-state index is 11.8. The van der Waals surface area contributed by atoms with Crippen LogP contribution in [0.25, 0.3) is 0 Å². The van der Waals surface area contributed by atoms with E-state index in [0.717, 1.165) is 36.3 Å². The van der Waals surface area contributed by atoms with Crippen LogP contribution in [0.15, 0.2) is 0 Å². The van der Waals surface area contributed by atoms with Crippen molar-refractivity contribution in [1.82, 2.24) is 20.6 Å². The van der Waals surface area contributed by atoms with E-state index in [9.17, 15) is 9.59 Å². The van der Waals surface area contributed by atoms with Gasteiger partial charge >= 0.3 is 0 Å². The number of amides is 2. The lowest BCUT2D eigenvalue weighted by Crippen LogP contribution is -2.42. The molecule has 1 aromatic rings. The van der Waals surface area contributed by atoms with Gasteiger partial charge in [0.25, 0.3) is 0 Å². The van der Waals surface area contributed by atoms with Crippen LogP contribution in [0.1, 0.15) is 50.1 Å². The highest BCUT2D eigenvalue weighted by Gasteiger charge is 2.29. The summed E-state index contributed by atoms with van der Waals surface area (Å²) in [5.41, 5.74) is 8.20. The third kappa shape index (κ3) is 4.32. The van der Waals surface area contributed by atoms with Crippen LogP contribution < -0.4 is 10.9 Å². The Hall–Kier alpha value is -1.85. The first-order valence-electron chi connectivity index (χ1n) is 8.00. The summed E-state index contributed by atoms with van der Waals surface area (Å²) in [6, 6.07) is 0. The first-order valence-corrected chi connectivity index (χ1v) is 8.00. The maximum absolute atomic E-state index is 11.8. The summed E-state index contributed by atoms with van der Waals surface area (Å²) >= 11 is 0. The molecule has 22 heavy (non-hydrogen) atoms. The topological polar surface area (TPSA) is 76.0 Å². The zero-order chi connectivity index (χ0) is 16.3. The largest absolute Gasteiger partial charge is 0.273 e. The van der Waals surface area contributed by atoms with Crippen LogP contribution >= 0.6 is 0 Å². The zero-order valence-electron chi connectivity index (χ0n) is 13.9. The van der Waals surface area contributed by atoms with Gasteiger partial charge in [0.1, 0.15) is 0 Å². The first-order chi connectivity index (χ1) is 10.4. The standard InChI is InChI=1S/C16H26N4O2/c1-10(2)9-20-12(4)14(11(3)19-20)7-8-15(21)17-18-16(22)13-5-6-13/h10,13H,5-9H2,1-4H3,(H,17,21)(H,18,22). The molecule has 1 fully saturated rings. The molecule has 2 amide bonds. The quantitative estimate of drug-likeness (QED) is 0.785. The van der Waals surface area contributed by atoms with E-state index < -0.39 is 0 Å². The van der Waals surface area contributed by atoms with Gasteiger partial charge in [-0.25, -0.2) is 0 Å². The smallest absolute Gasteiger partial charge is 0.241 e. The molecule has 1 heterocycles. The van der Waals surface area contributed by atoms with Crippen molar-refractivity contribution in [2.45, 2.75) is 59.9 Å². The molecule has 0 aliphatic heterocycles. The Morgan fingerprint density at radius 3 is 2.55 bits per heavy atom. The first kappa shape index (κ1) is 16.5. The number of nitrogens with one attached hydrogen (secondary N) is 2. The minimum Gasteiger partial charge on any atom is -0.273 e. The van der Waals surface area contributed by atoms with E-state index in [1.165, 1.54) is 0 Å². The average Bonchev–Trinajstić information content (AvgIpc) is 3.24. The van der Waals surface area contributed by atoms with E-state index in [0.29, 0.717) is 18.8 Å². The van der Waals surface area contributed by atoms with Crippen LogP contribution in [0.3, 0.4) is 0 Å². The van der Waals surface area contributed by atoms with Gasteiger partial charge in [0.2, 0.25) is 11.8 Å². The number of hydrogen-bond acceptors (Lipinski definition) is 3. The molecule has 0 spiro atoms. The van der Waals surface area contributed by atoms with Crippen molar-refractivity contribution >= 4 is 11.8 Å². The van der Waals surface area contributed by atoms with Crippen LogP contribution in [-0.4, -0.2) is 21.6 Å². The lowest BCUT2D eigenvalue weighted by molar-refractivity contribution is -0.129. The molecule has 0 bridgehead atoms. The molecule has 1 aliphatic rings. The number of rotatable bonds is 6. The second kappa shape index (κ2) is 6.94. The summed E-state index contributed by atoms with van der Waals surface area (Å²) < 4.78 is 2.02. The Morgan fingerprint density at radius 1 is 1.27 bits per heavy atom. The molecule has 6 nitrogen and oxygen atoms in total. The van der Waals surface area contributed by atoms with Gasteiger partial charge in [-0.1, -0.05) is 13.8 Å². The van der Waals surface area contributed by atoms with Gasteiger partial charge in [-0.15, -0.1) is 0 Å². The van der Waals surface area contributed by atoms with Crippen molar-refractivity contribution in [3.8, 4) is 0 Å². The molecule has 1 aliphatic carbocycles. The van der Waals surface area contributed by atoms with Gasteiger partial charge in [-0.2, -0.15) is 5.10 Å². The predicted octanol–water partition coefficient (Wildman–Crippen LogP) is 1.65. The van der Waals surface area contributed by atoms with E-state index >= 15 is 0 Å². The molecule has 1 saturated carbocycles. The SMILES string of the molecule is Cc1nn(CC(C)C)c(C)c1CCC(=O)NNC(=O)C1CC1. The molecule has 122 valence electrons. The van der Waals surface area contributed by atoms with E-state index in [1.54, 1.807) is 0 Å². The molecule has 6 heteroatoms. The van der Waals surface area contributed by atoms with Gasteiger partial charge in [0, 0.05) is 24.6 Å². The fraction of sp³-hybridized carbons (Fsp3) is 0.688. The molecular formula is C16H26N4O2. The highest BCUT2D eigenvalue weighted by molar-refractivity contribution is 5.84. The minimum absolute atomic E-state index is 0.0783. The number of hydrogen-bond donors (Lipinski definition) is 2. The van der Waals surface area contributed by atoms with Crippen molar-refractivity contribution < 1.29 is 9.59 Å². The molecular weight excluding hydrogens is 280 g/mol. The van der Waals surface area contributed by atoms with Crippen LogP contribution in [-0.2, 0) is 22.6 Å². The molecule has 0 unspecified atom stereocenters. The van der Waals surface area contributed by atoms with Gasteiger partial charge < -0.3 is 0 Å². The van der Waals surface area contributed by atoms with Crippen LogP contribution in [0.5, 0.6) is 0 Å². The van der Waals surface area contributed by atoms with Crippen molar-refractivity contribution in [3.05, 3.63) is 17.0 Å². The Kier molecular flexibility index (Phi) is 5.21. The Labute approximate surface area is 131 Å². The summed E-state index contributed by atoms with van der Waals surface area (Å²) in [6.07, 6.45) is 2.84. The normalized spacial score (nSPS) is 14.2. The van der Waals surface area contributed by atoms with Crippen molar-refractivity contribution in [3.63, 3.8) is 0 Å². The summed E-state index contributed by atoms with van der Waals surface area (Å²) in [5.74, 6) is 0.390. The number of aryl methyl sites for hydroxylation is 1. The predicted molar refractivity (Wildman–Crippen MR) is 83.9 cm³/mol. The summed E-state index contributed by atoms with van der Waals surface area (Å²) in [4.78, 5) is 23.3. The highest BCUT2D eigenvalue weighted by Crippen LogP contribution is 2.28. The third-order valence-corrected chi connectivity index (χ3v) is 3.94. The van der Waals surface area contributed by atoms with Gasteiger partial charge in [0.05, 0.1) is 5.69 Å². The van der Waals surface area contributed by atoms with E-state index in [1.807, 2.05) is 18.5 Å². The Morgan fingerprint density at radius 2 is 1.95 bits per heavy atom. The summed E-state index contributed by atoms with van der Waals surface area (Å²) in [7, 11) is 0. The van der Waals surface area contributed by atoms with Crippen molar-refractivity contribution in [1.29, 1.82) is 0 Å². The van der Waals surface area contributed by atoms with E-state index in [2.05, 4.69) is 29.8 Å². The number of carbonyl (C=O) groups excluding carboxylic acids is 2. The molecule has 2 rings (SSSR count). The number of carbonyl (C=O) groups is 2. The molecule has 0 atom stereocenters. The van der Waals surface area contributed by atoms with Gasteiger partial charge in [-0.3, -0.25) is 25.1 Å². The minimum atomic E-state index is -0.163. The average molecular weight is 306 g/mol. The second-order valence-corrected chi connectivity index (χ2v) is 6.54. The second-order valence-electron chi connectivity index (χ2n) is 6.54. The molecule has 2 N–H and O–H groups in total. The molecule has 1 aromatic heterocycles. The Balaban J connectivity index is 1.83. The van der Waals surface area contributed by atoms with Crippen LogP contribution in [0, 0.1) is 25.7 Å². The lowest BCUT2D eigenvalue weighted by atomic mass is 10.1. The van der Waals surface area contributed by atoms with Gasteiger partial charge in [0.15, 0.2) is 0 Å². The summed E-state index contributed by atoms with van der Waals surface area (Å²) in [6.45, 7) is 9.23. The monoisotopic (exact) mass is 306 g/mol. The lowest BCUT2D eigenvalue weighted by Gasteiger charge is -2.08. The van der Waals surface area contributed by atoms with E-state index in [-0.39, 0.29) is 17.7 Å². The fourth-order valence-electron chi connectivity index (χ4n) is 2.50.